The molecule has 2 aliphatic heterocycles. The fraction of sp³-hybridized carbons (Fsp3) is 0.389. The third-order valence-corrected chi connectivity index (χ3v) is 7.93. The largest absolute Gasteiger partial charge is 0.282 e. The lowest BCUT2D eigenvalue weighted by atomic mass is 9.78. The van der Waals surface area contributed by atoms with E-state index >= 15 is 0 Å². The molecule has 0 radical (unpaired) electrons. The van der Waals surface area contributed by atoms with Crippen LogP contribution in [0.2, 0.25) is 5.02 Å². The maximum atomic E-state index is 13.5. The number of aromatic amines is 1. The molecule has 2 aromatic heterocycles. The van der Waals surface area contributed by atoms with Crippen molar-refractivity contribution in [3.63, 3.8) is 0 Å². The molecule has 1 aromatic carbocycles. The molecule has 10 heteroatoms. The summed E-state index contributed by atoms with van der Waals surface area (Å²) in [4.78, 5) is 1.81. The van der Waals surface area contributed by atoms with Crippen LogP contribution in [0.1, 0.15) is 41.8 Å². The highest BCUT2D eigenvalue weighted by Crippen LogP contribution is 2.48. The second-order valence-electron chi connectivity index (χ2n) is 7.39. The van der Waals surface area contributed by atoms with Gasteiger partial charge in [0.15, 0.2) is 0 Å². The number of nitrogens with one attached hydrogen (secondary N) is 1. The molecule has 0 saturated carbocycles. The summed E-state index contributed by atoms with van der Waals surface area (Å²) in [5, 5.41) is 16.4. The number of H-pyrrole nitrogens is 1. The minimum Gasteiger partial charge on any atom is -0.282 e. The van der Waals surface area contributed by atoms with E-state index in [2.05, 4.69) is 20.4 Å². The first-order valence-corrected chi connectivity index (χ1v) is 10.9. The van der Waals surface area contributed by atoms with Crippen molar-refractivity contribution in [1.82, 2.24) is 29.5 Å². The van der Waals surface area contributed by atoms with Crippen molar-refractivity contribution in [2.24, 2.45) is 7.05 Å². The Balaban J connectivity index is 1.57. The number of nitrogens with zero attached hydrogens (tertiary/aromatic N) is 5. The molecule has 3 atom stereocenters. The van der Waals surface area contributed by atoms with Gasteiger partial charge in [0.05, 0.1) is 29.0 Å². The smallest absolute Gasteiger partial charge is 0.243 e. The third-order valence-electron chi connectivity index (χ3n) is 5.71. The number of hydrogen-bond acceptors (Lipinski definition) is 5. The second kappa shape index (κ2) is 6.40. The van der Waals surface area contributed by atoms with Gasteiger partial charge >= 0.3 is 0 Å². The monoisotopic (exact) mass is 418 g/mol. The Kier molecular flexibility index (Phi) is 4.08. The molecule has 0 amide bonds. The highest BCUT2D eigenvalue weighted by Gasteiger charge is 2.48. The summed E-state index contributed by atoms with van der Waals surface area (Å²) in [5.74, 6) is 0.156. The van der Waals surface area contributed by atoms with Crippen LogP contribution >= 0.6 is 11.6 Å². The van der Waals surface area contributed by atoms with Crippen LogP contribution < -0.4 is 0 Å². The van der Waals surface area contributed by atoms with Crippen LogP contribution in [-0.4, -0.2) is 44.0 Å². The van der Waals surface area contributed by atoms with E-state index in [1.54, 1.807) is 52.8 Å². The quantitative estimate of drug-likeness (QED) is 0.704. The molecule has 2 bridgehead atoms. The molecular weight excluding hydrogens is 400 g/mol. The molecule has 1 fully saturated rings. The summed E-state index contributed by atoms with van der Waals surface area (Å²) in [6, 6.07) is 5.91. The minimum atomic E-state index is -3.67. The van der Waals surface area contributed by atoms with Gasteiger partial charge in [-0.1, -0.05) is 11.6 Å². The molecule has 8 nitrogen and oxygen atoms in total. The standard InChI is InChI=1S/C18H19ClN6O2S/c1-24-21-10-17(23-24)11-6-13-8-16-15(9-20-22-16)18(7-11)25(13)28(26,27)14-4-2-12(19)3-5-14/h2-5,9-11,13,18H,6-8H2,1H3,(H,20,22). The summed E-state index contributed by atoms with van der Waals surface area (Å²) in [6.45, 7) is 0. The number of aryl methyl sites for hydroxylation is 1. The van der Waals surface area contributed by atoms with Gasteiger partial charge in [0.2, 0.25) is 10.0 Å². The molecule has 2 aliphatic rings. The fourth-order valence-electron chi connectivity index (χ4n) is 4.48. The van der Waals surface area contributed by atoms with Crippen molar-refractivity contribution in [2.75, 3.05) is 0 Å². The van der Waals surface area contributed by atoms with Crippen LogP contribution in [0.5, 0.6) is 0 Å². The third kappa shape index (κ3) is 2.76. The van der Waals surface area contributed by atoms with Gasteiger partial charge in [0, 0.05) is 41.7 Å². The van der Waals surface area contributed by atoms with Gasteiger partial charge in [0.1, 0.15) is 0 Å². The first-order valence-electron chi connectivity index (χ1n) is 9.11. The normalized spacial score (nSPS) is 24.9. The SMILES string of the molecule is Cn1ncc(C2CC3Cc4[nH]ncc4C(C2)N3S(=O)(=O)c2ccc(Cl)cc2)n1. The predicted molar refractivity (Wildman–Crippen MR) is 102 cm³/mol. The van der Waals surface area contributed by atoms with E-state index in [4.69, 9.17) is 11.6 Å². The number of benzene rings is 1. The highest BCUT2D eigenvalue weighted by atomic mass is 35.5. The number of rotatable bonds is 3. The number of halogens is 1. The van der Waals surface area contributed by atoms with Gasteiger partial charge < -0.3 is 0 Å². The van der Waals surface area contributed by atoms with E-state index in [-0.39, 0.29) is 22.9 Å². The van der Waals surface area contributed by atoms with Crippen LogP contribution in [0.3, 0.4) is 0 Å². The topological polar surface area (TPSA) is 96.8 Å². The zero-order valence-electron chi connectivity index (χ0n) is 15.2. The van der Waals surface area contributed by atoms with Crippen molar-refractivity contribution < 1.29 is 8.42 Å². The minimum absolute atomic E-state index is 0.156. The van der Waals surface area contributed by atoms with Crippen molar-refractivity contribution in [2.45, 2.75) is 42.2 Å². The number of sulfonamides is 1. The highest BCUT2D eigenvalue weighted by molar-refractivity contribution is 7.89. The van der Waals surface area contributed by atoms with Crippen LogP contribution in [0, 0.1) is 0 Å². The number of fused-ring (bicyclic) bond motifs is 4. The van der Waals surface area contributed by atoms with Gasteiger partial charge in [0.25, 0.3) is 0 Å². The van der Waals surface area contributed by atoms with Gasteiger partial charge in [-0.3, -0.25) is 5.10 Å². The van der Waals surface area contributed by atoms with Crippen molar-refractivity contribution in [1.29, 1.82) is 0 Å². The van der Waals surface area contributed by atoms with Crippen molar-refractivity contribution in [3.8, 4) is 0 Å². The predicted octanol–water partition coefficient (Wildman–Crippen LogP) is 2.43. The van der Waals surface area contributed by atoms with Gasteiger partial charge in [-0.15, -0.1) is 0 Å². The summed E-state index contributed by atoms with van der Waals surface area (Å²) in [6.07, 6.45) is 5.48. The van der Waals surface area contributed by atoms with Crippen LogP contribution in [-0.2, 0) is 23.5 Å². The van der Waals surface area contributed by atoms with Gasteiger partial charge in [-0.25, -0.2) is 8.42 Å². The zero-order valence-corrected chi connectivity index (χ0v) is 16.7. The summed E-state index contributed by atoms with van der Waals surface area (Å²) < 4.78 is 28.7. The molecule has 1 saturated heterocycles. The van der Waals surface area contributed by atoms with E-state index in [1.807, 2.05) is 0 Å². The lowest BCUT2D eigenvalue weighted by Crippen LogP contribution is -2.51. The number of hydrogen-bond donors (Lipinski definition) is 1. The molecular formula is C18H19ClN6O2S. The van der Waals surface area contributed by atoms with Gasteiger partial charge in [-0.2, -0.15) is 24.4 Å². The van der Waals surface area contributed by atoms with E-state index in [0.717, 1.165) is 17.0 Å². The Hall–Kier alpha value is -2.23. The molecule has 4 heterocycles. The maximum Gasteiger partial charge on any atom is 0.243 e. The Morgan fingerprint density at radius 3 is 2.68 bits per heavy atom. The maximum absolute atomic E-state index is 13.5. The first-order chi connectivity index (χ1) is 13.4. The lowest BCUT2D eigenvalue weighted by Gasteiger charge is -2.46. The summed E-state index contributed by atoms with van der Waals surface area (Å²) in [5.41, 5.74) is 2.88. The molecule has 0 aliphatic carbocycles. The van der Waals surface area contributed by atoms with Crippen LogP contribution in [0.15, 0.2) is 41.6 Å². The molecule has 146 valence electrons. The lowest BCUT2D eigenvalue weighted by molar-refractivity contribution is 0.144. The second-order valence-corrected chi connectivity index (χ2v) is 9.67. The zero-order chi connectivity index (χ0) is 19.5. The van der Waals surface area contributed by atoms with E-state index in [1.165, 1.54) is 0 Å². The van der Waals surface area contributed by atoms with Crippen molar-refractivity contribution in [3.05, 3.63) is 58.6 Å². The Labute approximate surface area is 167 Å². The molecule has 0 spiro atoms. The molecule has 5 rings (SSSR count). The van der Waals surface area contributed by atoms with Crippen molar-refractivity contribution >= 4 is 21.6 Å². The average Bonchev–Trinajstić information content (AvgIpc) is 3.30. The Morgan fingerprint density at radius 1 is 1.18 bits per heavy atom. The Bertz CT molecular complexity index is 1120. The number of piperidine rings is 1. The molecule has 3 aromatic rings. The van der Waals surface area contributed by atoms with Gasteiger partial charge in [-0.05, 0) is 37.1 Å². The fourth-order valence-corrected chi connectivity index (χ4v) is 6.42. The summed E-state index contributed by atoms with van der Waals surface area (Å²) >= 11 is 5.95. The number of aromatic nitrogens is 5. The molecule has 28 heavy (non-hydrogen) atoms. The molecule has 1 N–H and O–H groups in total. The van der Waals surface area contributed by atoms with E-state index < -0.39 is 10.0 Å². The Morgan fingerprint density at radius 2 is 1.96 bits per heavy atom. The molecule has 3 unspecified atom stereocenters. The summed E-state index contributed by atoms with van der Waals surface area (Å²) in [7, 11) is -1.88. The average molecular weight is 419 g/mol. The van der Waals surface area contributed by atoms with Crippen LogP contribution in [0.4, 0.5) is 0 Å². The van der Waals surface area contributed by atoms with E-state index in [9.17, 15) is 8.42 Å². The first kappa shape index (κ1) is 17.8. The van der Waals surface area contributed by atoms with E-state index in [0.29, 0.717) is 24.3 Å². The van der Waals surface area contributed by atoms with Crippen LogP contribution in [0.25, 0.3) is 0 Å².